The lowest BCUT2D eigenvalue weighted by Crippen LogP contribution is -2.48. The summed E-state index contributed by atoms with van der Waals surface area (Å²) < 4.78 is 0. The van der Waals surface area contributed by atoms with Crippen LogP contribution in [-0.2, 0) is 0 Å². The third-order valence-corrected chi connectivity index (χ3v) is 4.24. The number of aromatic amines is 1. The highest BCUT2D eigenvalue weighted by atomic mass is 15.3. The number of nitrogens with one attached hydrogen (secondary N) is 2. The summed E-state index contributed by atoms with van der Waals surface area (Å²) in [6.45, 7) is 7.86. The molecule has 7 nitrogen and oxygen atoms in total. The van der Waals surface area contributed by atoms with Crippen molar-refractivity contribution in [1.82, 2.24) is 29.7 Å². The fraction of sp³-hybridized carbons (Fsp3) is 0.643. The monoisotopic (exact) mass is 289 g/mol. The molecule has 0 saturated carbocycles. The van der Waals surface area contributed by atoms with Gasteiger partial charge >= 0.3 is 0 Å². The Balaban J connectivity index is 1.50. The first-order valence-electron chi connectivity index (χ1n) is 7.54. The molecule has 21 heavy (non-hydrogen) atoms. The molecule has 1 atom stereocenters. The maximum Gasteiger partial charge on any atom is 0.182 e. The molecular formula is C14H23N7. The summed E-state index contributed by atoms with van der Waals surface area (Å²) in [5, 5.41) is 3.39. The van der Waals surface area contributed by atoms with Crippen molar-refractivity contribution in [2.24, 2.45) is 0 Å². The van der Waals surface area contributed by atoms with E-state index in [1.807, 2.05) is 0 Å². The highest BCUT2D eigenvalue weighted by molar-refractivity contribution is 5.81. The van der Waals surface area contributed by atoms with Crippen LogP contribution < -0.4 is 5.32 Å². The smallest absolute Gasteiger partial charge is 0.182 e. The van der Waals surface area contributed by atoms with E-state index in [2.05, 4.69) is 49.0 Å². The molecule has 3 rings (SSSR count). The predicted octanol–water partition coefficient (Wildman–Crippen LogP) is 0.791. The lowest BCUT2D eigenvalue weighted by atomic mass is 10.1. The molecule has 1 fully saturated rings. The summed E-state index contributed by atoms with van der Waals surface area (Å²) in [6, 6.07) is 0.588. The van der Waals surface area contributed by atoms with Crippen LogP contribution >= 0.6 is 0 Å². The molecule has 2 aromatic rings. The quantitative estimate of drug-likeness (QED) is 0.848. The Morgan fingerprint density at radius 1 is 1.24 bits per heavy atom. The van der Waals surface area contributed by atoms with Crippen LogP contribution in [0.15, 0.2) is 12.7 Å². The zero-order valence-corrected chi connectivity index (χ0v) is 12.7. The molecule has 2 N–H and O–H groups in total. The second-order valence-electron chi connectivity index (χ2n) is 5.73. The lowest BCUT2D eigenvalue weighted by molar-refractivity contribution is 0.116. The number of imidazole rings is 1. The zero-order valence-electron chi connectivity index (χ0n) is 12.7. The van der Waals surface area contributed by atoms with Gasteiger partial charge in [-0.05, 0) is 20.4 Å². The molecule has 1 aliphatic heterocycles. The van der Waals surface area contributed by atoms with Crippen molar-refractivity contribution in [3.05, 3.63) is 12.7 Å². The molecule has 0 spiro atoms. The van der Waals surface area contributed by atoms with Gasteiger partial charge in [-0.2, -0.15) is 0 Å². The summed E-state index contributed by atoms with van der Waals surface area (Å²) in [5.41, 5.74) is 1.59. The molecule has 2 aromatic heterocycles. The number of piperazine rings is 1. The maximum atomic E-state index is 4.28. The average molecular weight is 289 g/mol. The van der Waals surface area contributed by atoms with Gasteiger partial charge in [-0.15, -0.1) is 0 Å². The minimum absolute atomic E-state index is 0.588. The second kappa shape index (κ2) is 6.36. The molecule has 1 aliphatic rings. The van der Waals surface area contributed by atoms with Gasteiger partial charge in [-0.25, -0.2) is 15.0 Å². The van der Waals surface area contributed by atoms with Crippen molar-refractivity contribution in [3.8, 4) is 0 Å². The number of likely N-dealkylation sites (N-methyl/N-ethyl adjacent to an activating group) is 1. The highest BCUT2D eigenvalue weighted by Gasteiger charge is 2.18. The summed E-state index contributed by atoms with van der Waals surface area (Å²) in [7, 11) is 2.19. The number of aromatic nitrogens is 4. The third kappa shape index (κ3) is 3.30. The highest BCUT2D eigenvalue weighted by Crippen LogP contribution is 2.15. The Hall–Kier alpha value is -1.73. The fourth-order valence-corrected chi connectivity index (χ4v) is 2.74. The number of hydrogen-bond donors (Lipinski definition) is 2. The van der Waals surface area contributed by atoms with Gasteiger partial charge in [0.15, 0.2) is 11.5 Å². The van der Waals surface area contributed by atoms with Crippen LogP contribution in [0.25, 0.3) is 11.2 Å². The molecule has 0 amide bonds. The topological polar surface area (TPSA) is 73.0 Å². The zero-order chi connectivity index (χ0) is 14.7. The van der Waals surface area contributed by atoms with Gasteiger partial charge in [0.2, 0.25) is 0 Å². The van der Waals surface area contributed by atoms with E-state index in [1.165, 1.54) is 13.1 Å². The Morgan fingerprint density at radius 2 is 2.05 bits per heavy atom. The van der Waals surface area contributed by atoms with Crippen LogP contribution in [-0.4, -0.2) is 75.5 Å². The van der Waals surface area contributed by atoms with E-state index in [4.69, 9.17) is 0 Å². The van der Waals surface area contributed by atoms with Crippen LogP contribution in [0.4, 0.5) is 5.82 Å². The summed E-state index contributed by atoms with van der Waals surface area (Å²) >= 11 is 0. The molecule has 3 heterocycles. The van der Waals surface area contributed by atoms with Gasteiger partial charge in [0.25, 0.3) is 0 Å². The third-order valence-electron chi connectivity index (χ3n) is 4.24. The van der Waals surface area contributed by atoms with E-state index in [0.717, 1.165) is 37.4 Å². The first kappa shape index (κ1) is 14.2. The van der Waals surface area contributed by atoms with Gasteiger partial charge in [0.05, 0.1) is 6.33 Å². The SMILES string of the molecule is C[C@H](CCNc1ncnc2nc[nH]c12)N1CCN(C)CC1. The van der Waals surface area contributed by atoms with E-state index in [-0.39, 0.29) is 0 Å². The molecular weight excluding hydrogens is 266 g/mol. The van der Waals surface area contributed by atoms with Gasteiger partial charge in [-0.1, -0.05) is 0 Å². The predicted molar refractivity (Wildman–Crippen MR) is 83.3 cm³/mol. The molecule has 7 heteroatoms. The number of anilines is 1. The van der Waals surface area contributed by atoms with E-state index in [9.17, 15) is 0 Å². The van der Waals surface area contributed by atoms with E-state index < -0.39 is 0 Å². The Kier molecular flexibility index (Phi) is 4.31. The first-order chi connectivity index (χ1) is 10.2. The Labute approximate surface area is 124 Å². The van der Waals surface area contributed by atoms with Crippen LogP contribution in [0.3, 0.4) is 0 Å². The number of fused-ring (bicyclic) bond motifs is 1. The minimum atomic E-state index is 0.588. The average Bonchev–Trinajstić information content (AvgIpc) is 2.97. The number of H-pyrrole nitrogens is 1. The van der Waals surface area contributed by atoms with Crippen LogP contribution in [0.2, 0.25) is 0 Å². The Morgan fingerprint density at radius 3 is 2.86 bits per heavy atom. The number of hydrogen-bond acceptors (Lipinski definition) is 6. The Bertz CT molecular complexity index is 573. The number of nitrogens with zero attached hydrogens (tertiary/aromatic N) is 5. The normalized spacial score (nSPS) is 19.0. The molecule has 0 radical (unpaired) electrons. The van der Waals surface area contributed by atoms with Crippen LogP contribution in [0.5, 0.6) is 0 Å². The first-order valence-corrected chi connectivity index (χ1v) is 7.54. The van der Waals surface area contributed by atoms with Crippen molar-refractivity contribution in [3.63, 3.8) is 0 Å². The van der Waals surface area contributed by atoms with Crippen LogP contribution in [0.1, 0.15) is 13.3 Å². The van der Waals surface area contributed by atoms with Crippen molar-refractivity contribution in [2.75, 3.05) is 45.1 Å². The van der Waals surface area contributed by atoms with E-state index in [1.54, 1.807) is 12.7 Å². The van der Waals surface area contributed by atoms with Crippen molar-refractivity contribution in [2.45, 2.75) is 19.4 Å². The minimum Gasteiger partial charge on any atom is -0.368 e. The molecule has 0 aliphatic carbocycles. The fourth-order valence-electron chi connectivity index (χ4n) is 2.74. The van der Waals surface area contributed by atoms with Gasteiger partial charge < -0.3 is 15.2 Å². The molecule has 0 unspecified atom stereocenters. The van der Waals surface area contributed by atoms with Gasteiger partial charge in [0, 0.05) is 38.8 Å². The van der Waals surface area contributed by atoms with Crippen molar-refractivity contribution < 1.29 is 0 Å². The van der Waals surface area contributed by atoms with Crippen LogP contribution in [0, 0.1) is 0 Å². The number of rotatable bonds is 5. The van der Waals surface area contributed by atoms with Crippen molar-refractivity contribution >= 4 is 17.0 Å². The molecule has 1 saturated heterocycles. The maximum absolute atomic E-state index is 4.28. The standard InChI is InChI=1S/C14H23N7/c1-11(21-7-5-20(2)6-8-21)3-4-15-13-12-14(17-9-16-12)19-10-18-13/h9-11H,3-8H2,1-2H3,(H2,15,16,17,18,19)/t11-/m1/s1. The van der Waals surface area contributed by atoms with E-state index >= 15 is 0 Å². The summed E-state index contributed by atoms with van der Waals surface area (Å²) in [6.07, 6.45) is 4.30. The van der Waals surface area contributed by atoms with Gasteiger partial charge in [0.1, 0.15) is 11.8 Å². The summed E-state index contributed by atoms with van der Waals surface area (Å²) in [5.74, 6) is 0.836. The van der Waals surface area contributed by atoms with Gasteiger partial charge in [-0.3, -0.25) is 4.90 Å². The molecule has 0 bridgehead atoms. The van der Waals surface area contributed by atoms with Crippen molar-refractivity contribution in [1.29, 1.82) is 0 Å². The largest absolute Gasteiger partial charge is 0.368 e. The molecule has 0 aromatic carbocycles. The molecule has 114 valence electrons. The summed E-state index contributed by atoms with van der Waals surface area (Å²) in [4.78, 5) is 20.6. The van der Waals surface area contributed by atoms with E-state index in [0.29, 0.717) is 11.7 Å². The second-order valence-corrected chi connectivity index (χ2v) is 5.73. The lowest BCUT2D eigenvalue weighted by Gasteiger charge is -2.36.